The Bertz CT molecular complexity index is 413. The van der Waals surface area contributed by atoms with Gasteiger partial charge in [-0.3, -0.25) is 4.79 Å². The molecule has 0 aromatic rings. The summed E-state index contributed by atoms with van der Waals surface area (Å²) in [6.07, 6.45) is -2.19. The van der Waals surface area contributed by atoms with Crippen LogP contribution in [0.5, 0.6) is 0 Å². The summed E-state index contributed by atoms with van der Waals surface area (Å²) < 4.78 is 0. The van der Waals surface area contributed by atoms with Gasteiger partial charge in [0, 0.05) is 0 Å². The number of carboxylic acid groups (broad SMARTS) is 1. The number of carboxylic acids is 1. The third-order valence-electron chi connectivity index (χ3n) is 5.50. The van der Waals surface area contributed by atoms with Gasteiger partial charge in [0.1, 0.15) is 36.1 Å². The van der Waals surface area contributed by atoms with Gasteiger partial charge < -0.3 is 35.7 Å². The lowest BCUT2D eigenvalue weighted by Crippen LogP contribution is -2.74. The maximum atomic E-state index is 11.6. The first-order valence-electron chi connectivity index (χ1n) is 9.55. The highest BCUT2D eigenvalue weighted by molar-refractivity contribution is 5.72. The van der Waals surface area contributed by atoms with E-state index in [0.29, 0.717) is 6.42 Å². The average molecular weight is 378 g/mol. The van der Waals surface area contributed by atoms with Gasteiger partial charge in [0.15, 0.2) is 0 Å². The van der Waals surface area contributed by atoms with Gasteiger partial charge in [-0.05, 0) is 6.42 Å². The maximum Gasteiger partial charge on any atom is 0.309 e. The molecule has 154 valence electrons. The molecule has 0 aliphatic heterocycles. The summed E-state index contributed by atoms with van der Waals surface area (Å²) >= 11 is 0. The minimum absolute atomic E-state index is 0.0234. The monoisotopic (exact) mass is 378 g/mol. The Labute approximate surface area is 154 Å². The summed E-state index contributed by atoms with van der Waals surface area (Å²) in [4.78, 5) is 11.6. The molecule has 1 rings (SSSR count). The van der Waals surface area contributed by atoms with Crippen LogP contribution in [0.15, 0.2) is 0 Å². The molecule has 0 bridgehead atoms. The van der Waals surface area contributed by atoms with Crippen LogP contribution in [0.1, 0.15) is 64.7 Å². The van der Waals surface area contributed by atoms with E-state index in [1.54, 1.807) is 0 Å². The fourth-order valence-electron chi connectivity index (χ4n) is 3.74. The van der Waals surface area contributed by atoms with Crippen molar-refractivity contribution in [1.29, 1.82) is 0 Å². The number of hydrogen-bond donors (Lipinski definition) is 7. The molecule has 3 unspecified atom stereocenters. The zero-order valence-electron chi connectivity index (χ0n) is 15.4. The Morgan fingerprint density at radius 3 is 1.65 bits per heavy atom. The fraction of sp³-hybridized carbons (Fsp3) is 0.944. The molecule has 0 aromatic heterocycles. The highest BCUT2D eigenvalue weighted by atomic mass is 16.4. The van der Waals surface area contributed by atoms with Crippen LogP contribution in [-0.2, 0) is 4.79 Å². The lowest BCUT2D eigenvalue weighted by Gasteiger charge is -2.50. The van der Waals surface area contributed by atoms with Gasteiger partial charge in [0.05, 0.1) is 5.92 Å². The van der Waals surface area contributed by atoms with Crippen molar-refractivity contribution in [2.75, 3.05) is 0 Å². The summed E-state index contributed by atoms with van der Waals surface area (Å²) in [7, 11) is 0. The molecule has 26 heavy (non-hydrogen) atoms. The van der Waals surface area contributed by atoms with Gasteiger partial charge in [-0.15, -0.1) is 0 Å². The zero-order valence-corrected chi connectivity index (χ0v) is 15.4. The normalized spacial score (nSPS) is 36.0. The van der Waals surface area contributed by atoms with Crippen LogP contribution in [0.4, 0.5) is 0 Å². The number of carbonyl (C=O) groups is 1. The second-order valence-corrected chi connectivity index (χ2v) is 7.40. The summed E-state index contributed by atoms with van der Waals surface area (Å²) in [5.41, 5.74) is -2.65. The van der Waals surface area contributed by atoms with Crippen molar-refractivity contribution in [2.24, 2.45) is 5.92 Å². The van der Waals surface area contributed by atoms with Crippen LogP contribution in [0, 0.1) is 5.92 Å². The van der Waals surface area contributed by atoms with Crippen molar-refractivity contribution in [1.82, 2.24) is 0 Å². The molecule has 0 amide bonds. The number of unbranched alkanes of at least 4 members (excludes halogenated alkanes) is 7. The molecular weight excluding hydrogens is 344 g/mol. The highest BCUT2D eigenvalue weighted by Crippen LogP contribution is 2.38. The highest BCUT2D eigenvalue weighted by Gasteiger charge is 2.62. The fourth-order valence-corrected chi connectivity index (χ4v) is 3.74. The number of rotatable bonds is 11. The van der Waals surface area contributed by atoms with Gasteiger partial charge in [-0.25, -0.2) is 0 Å². The lowest BCUT2D eigenvalue weighted by atomic mass is 9.67. The summed E-state index contributed by atoms with van der Waals surface area (Å²) in [5, 5.41) is 69.5. The Morgan fingerprint density at radius 2 is 1.23 bits per heavy atom. The zero-order chi connectivity index (χ0) is 19.9. The molecule has 0 heterocycles. The quantitative estimate of drug-likeness (QED) is 0.243. The van der Waals surface area contributed by atoms with Gasteiger partial charge in [0.25, 0.3) is 0 Å². The third-order valence-corrected chi connectivity index (χ3v) is 5.50. The Balaban J connectivity index is 2.65. The predicted octanol–water partition coefficient (Wildman–Crippen LogP) is -0.233. The Morgan fingerprint density at radius 1 is 0.808 bits per heavy atom. The van der Waals surface area contributed by atoms with Crippen LogP contribution in [0.3, 0.4) is 0 Å². The van der Waals surface area contributed by atoms with E-state index in [9.17, 15) is 40.5 Å². The molecule has 0 spiro atoms. The van der Waals surface area contributed by atoms with Crippen LogP contribution in [-0.4, -0.2) is 77.8 Å². The minimum atomic E-state index is -2.65. The van der Waals surface area contributed by atoms with Crippen molar-refractivity contribution in [3.05, 3.63) is 0 Å². The van der Waals surface area contributed by atoms with E-state index < -0.39 is 48.0 Å². The van der Waals surface area contributed by atoms with E-state index in [1.807, 2.05) is 0 Å². The van der Waals surface area contributed by atoms with Gasteiger partial charge >= 0.3 is 5.97 Å². The third kappa shape index (κ3) is 5.15. The van der Waals surface area contributed by atoms with E-state index in [4.69, 9.17) is 0 Å². The summed E-state index contributed by atoms with van der Waals surface area (Å²) in [5.74, 6) is -3.02. The molecular formula is C18H34O8. The van der Waals surface area contributed by atoms with Crippen LogP contribution < -0.4 is 0 Å². The first-order chi connectivity index (χ1) is 12.2. The van der Waals surface area contributed by atoms with Crippen LogP contribution in [0.25, 0.3) is 0 Å². The molecule has 7 N–H and O–H groups in total. The van der Waals surface area contributed by atoms with Gasteiger partial charge in [-0.2, -0.15) is 0 Å². The maximum absolute atomic E-state index is 11.6. The van der Waals surface area contributed by atoms with Crippen LogP contribution >= 0.6 is 0 Å². The van der Waals surface area contributed by atoms with Crippen molar-refractivity contribution >= 4 is 5.97 Å². The molecule has 1 fully saturated rings. The second-order valence-electron chi connectivity index (χ2n) is 7.40. The van der Waals surface area contributed by atoms with Crippen molar-refractivity contribution in [3.63, 3.8) is 0 Å². The number of aliphatic hydroxyl groups excluding tert-OH is 5. The summed E-state index contributed by atoms with van der Waals surface area (Å²) in [6.45, 7) is 2.14. The lowest BCUT2D eigenvalue weighted by molar-refractivity contribution is -0.283. The number of hydrogen-bond acceptors (Lipinski definition) is 7. The first-order valence-corrected chi connectivity index (χ1v) is 9.55. The molecule has 8 nitrogen and oxygen atoms in total. The predicted molar refractivity (Wildman–Crippen MR) is 93.3 cm³/mol. The molecule has 1 saturated carbocycles. The number of aliphatic hydroxyl groups is 6. The standard InChI is InChI=1S/C18H34O8/c1-2-3-4-5-6-7-8-9-10-11(17(24)25)18(26)15(22)13(20)12(19)14(21)16(18)23/h11-16,19-23,26H,2-10H2,1H3,(H,24,25)/t11?,12?,13-,14+,15-,16-,18?/m1/s1. The van der Waals surface area contributed by atoms with Crippen molar-refractivity contribution in [2.45, 2.75) is 101 Å². The second kappa shape index (κ2) is 10.5. The van der Waals surface area contributed by atoms with E-state index in [0.717, 1.165) is 32.1 Å². The molecule has 0 aromatic carbocycles. The smallest absolute Gasteiger partial charge is 0.309 e. The van der Waals surface area contributed by atoms with E-state index >= 15 is 0 Å². The largest absolute Gasteiger partial charge is 0.481 e. The van der Waals surface area contributed by atoms with Gasteiger partial charge in [0.2, 0.25) is 0 Å². The minimum Gasteiger partial charge on any atom is -0.481 e. The Kier molecular flexibility index (Phi) is 9.43. The average Bonchev–Trinajstić information content (AvgIpc) is 2.61. The van der Waals surface area contributed by atoms with E-state index in [1.165, 1.54) is 12.8 Å². The molecule has 7 atom stereocenters. The van der Waals surface area contributed by atoms with E-state index in [-0.39, 0.29) is 6.42 Å². The Hall–Kier alpha value is -0.770. The molecule has 1 aliphatic carbocycles. The molecule has 0 saturated heterocycles. The van der Waals surface area contributed by atoms with Crippen molar-refractivity contribution in [3.8, 4) is 0 Å². The number of aliphatic carboxylic acids is 1. The van der Waals surface area contributed by atoms with Gasteiger partial charge in [-0.1, -0.05) is 58.3 Å². The summed E-state index contributed by atoms with van der Waals surface area (Å²) in [6, 6.07) is 0. The van der Waals surface area contributed by atoms with Crippen molar-refractivity contribution < 1.29 is 40.5 Å². The SMILES string of the molecule is CCCCCCCCCCC(C(=O)O)C1(O)[C@H](O)[C@H](O)C(O)[C@H](O)[C@H]1O. The van der Waals surface area contributed by atoms with E-state index in [2.05, 4.69) is 6.92 Å². The first kappa shape index (κ1) is 23.3. The molecule has 0 radical (unpaired) electrons. The molecule has 8 heteroatoms. The topological polar surface area (TPSA) is 159 Å². The molecule has 1 aliphatic rings. The van der Waals surface area contributed by atoms with Crippen LogP contribution in [0.2, 0.25) is 0 Å².